The van der Waals surface area contributed by atoms with E-state index in [9.17, 15) is 9.59 Å². The average molecular weight is 387 g/mol. The first-order chi connectivity index (χ1) is 13.3. The van der Waals surface area contributed by atoms with Crippen molar-refractivity contribution in [2.24, 2.45) is 5.92 Å². The van der Waals surface area contributed by atoms with Crippen molar-refractivity contribution in [3.63, 3.8) is 0 Å². The molecular weight excluding hydrogens is 358 g/mol. The zero-order valence-corrected chi connectivity index (χ0v) is 16.9. The van der Waals surface area contributed by atoms with E-state index < -0.39 is 0 Å². The number of aryl methyl sites for hydroxylation is 2. The van der Waals surface area contributed by atoms with Crippen molar-refractivity contribution >= 4 is 12.4 Å². The number of carbonyl (C=O) groups is 2. The molecule has 1 fully saturated rings. The van der Waals surface area contributed by atoms with Gasteiger partial charge in [-0.05, 0) is 44.4 Å². The molecule has 6 nitrogen and oxygen atoms in total. The van der Waals surface area contributed by atoms with Crippen molar-refractivity contribution in [3.8, 4) is 5.75 Å². The molecule has 0 heterocycles. The van der Waals surface area contributed by atoms with Crippen LogP contribution in [-0.2, 0) is 20.9 Å². The number of nitrogens with zero attached hydrogens (tertiary/aromatic N) is 1. The summed E-state index contributed by atoms with van der Waals surface area (Å²) >= 11 is 0. The maximum absolute atomic E-state index is 10.4. The minimum atomic E-state index is -0.0417. The molecule has 152 valence electrons. The molecule has 28 heavy (non-hydrogen) atoms. The average Bonchev–Trinajstić information content (AvgIpc) is 3.53. The van der Waals surface area contributed by atoms with Crippen LogP contribution < -0.4 is 4.74 Å². The van der Waals surface area contributed by atoms with Gasteiger partial charge in [0.25, 0.3) is 0 Å². The second-order valence-corrected chi connectivity index (χ2v) is 6.57. The standard InChI is InChI=1S/C15H16O.C5H8O2.C2H5NO2/c1-12-6-8-15(9-7-12)16-11-14-5-3-4-13(2)10-14;1-7-5(6)4-2-3-4;1-3(5)2-4/h3-10H,11H2,1-2H3;4H,2-3H2,1H3;2,5H,1H3. The Balaban J connectivity index is 0.000000269. The van der Waals surface area contributed by atoms with Gasteiger partial charge in [0.05, 0.1) is 13.0 Å². The molecule has 0 spiro atoms. The van der Waals surface area contributed by atoms with Crippen molar-refractivity contribution in [1.82, 2.24) is 5.06 Å². The van der Waals surface area contributed by atoms with Gasteiger partial charge >= 0.3 is 5.97 Å². The Hall–Kier alpha value is -2.86. The summed E-state index contributed by atoms with van der Waals surface area (Å²) < 4.78 is 10.1. The van der Waals surface area contributed by atoms with Crippen LogP contribution in [0.2, 0.25) is 0 Å². The topological polar surface area (TPSA) is 76.1 Å². The molecule has 2 aromatic rings. The molecule has 1 aliphatic rings. The third-order valence-corrected chi connectivity index (χ3v) is 3.77. The van der Waals surface area contributed by atoms with Gasteiger partial charge in [-0.25, -0.2) is 5.06 Å². The lowest BCUT2D eigenvalue weighted by Gasteiger charge is -2.07. The molecule has 1 aliphatic carbocycles. The highest BCUT2D eigenvalue weighted by atomic mass is 16.5. The van der Waals surface area contributed by atoms with E-state index in [1.807, 2.05) is 12.1 Å². The Morgan fingerprint density at radius 1 is 1.14 bits per heavy atom. The van der Waals surface area contributed by atoms with E-state index in [1.54, 1.807) is 0 Å². The minimum absolute atomic E-state index is 0.0417. The van der Waals surface area contributed by atoms with Gasteiger partial charge in [-0.2, -0.15) is 0 Å². The lowest BCUT2D eigenvalue weighted by molar-refractivity contribution is -0.143. The van der Waals surface area contributed by atoms with Gasteiger partial charge in [0.2, 0.25) is 6.41 Å². The van der Waals surface area contributed by atoms with E-state index in [-0.39, 0.29) is 11.9 Å². The predicted molar refractivity (Wildman–Crippen MR) is 107 cm³/mol. The number of amides is 1. The summed E-state index contributed by atoms with van der Waals surface area (Å²) in [5.41, 5.74) is 3.73. The van der Waals surface area contributed by atoms with Crippen molar-refractivity contribution in [1.29, 1.82) is 0 Å². The van der Waals surface area contributed by atoms with Crippen LogP contribution in [-0.4, -0.2) is 36.8 Å². The van der Waals surface area contributed by atoms with Crippen LogP contribution in [0.1, 0.15) is 29.5 Å². The minimum Gasteiger partial charge on any atom is -0.489 e. The highest BCUT2D eigenvalue weighted by Crippen LogP contribution is 2.29. The maximum Gasteiger partial charge on any atom is 0.308 e. The normalized spacial score (nSPS) is 11.8. The van der Waals surface area contributed by atoms with Gasteiger partial charge in [0.1, 0.15) is 12.4 Å². The van der Waals surface area contributed by atoms with E-state index in [0.29, 0.717) is 18.1 Å². The Bertz CT molecular complexity index is 724. The van der Waals surface area contributed by atoms with Crippen LogP contribution in [0.15, 0.2) is 48.5 Å². The van der Waals surface area contributed by atoms with Gasteiger partial charge in [0, 0.05) is 7.05 Å². The molecule has 1 saturated carbocycles. The summed E-state index contributed by atoms with van der Waals surface area (Å²) in [6, 6.07) is 16.5. The number of hydrogen-bond donors (Lipinski definition) is 1. The monoisotopic (exact) mass is 387 g/mol. The number of methoxy groups -OCH3 is 1. The summed E-state index contributed by atoms with van der Waals surface area (Å²) in [4.78, 5) is 19.5. The summed E-state index contributed by atoms with van der Waals surface area (Å²) in [6.45, 7) is 4.80. The number of rotatable bonds is 5. The molecule has 2 aromatic carbocycles. The molecule has 0 unspecified atom stereocenters. The molecule has 0 atom stereocenters. The first-order valence-electron chi connectivity index (χ1n) is 9.05. The van der Waals surface area contributed by atoms with Crippen molar-refractivity contribution in [3.05, 3.63) is 65.2 Å². The smallest absolute Gasteiger partial charge is 0.308 e. The fraction of sp³-hybridized carbons (Fsp3) is 0.364. The number of benzene rings is 2. The third-order valence-electron chi connectivity index (χ3n) is 3.77. The number of hydrogen-bond acceptors (Lipinski definition) is 5. The van der Waals surface area contributed by atoms with E-state index >= 15 is 0 Å². The molecule has 0 radical (unpaired) electrons. The zero-order chi connectivity index (χ0) is 20.9. The molecule has 0 saturated heterocycles. The maximum atomic E-state index is 10.4. The van der Waals surface area contributed by atoms with Crippen molar-refractivity contribution in [2.45, 2.75) is 33.3 Å². The third kappa shape index (κ3) is 10.3. The molecule has 0 aliphatic heterocycles. The second kappa shape index (κ2) is 12.5. The first-order valence-corrected chi connectivity index (χ1v) is 9.05. The quantitative estimate of drug-likeness (QED) is 0.364. The predicted octanol–water partition coefficient (Wildman–Crippen LogP) is 3.92. The fourth-order valence-electron chi connectivity index (χ4n) is 2.09. The summed E-state index contributed by atoms with van der Waals surface area (Å²) in [5.74, 6) is 1.14. The highest BCUT2D eigenvalue weighted by molar-refractivity contribution is 5.74. The lowest BCUT2D eigenvalue weighted by Crippen LogP contribution is -2.07. The Kier molecular flexibility index (Phi) is 10.4. The molecular formula is C22H29NO5. The molecule has 3 rings (SSSR count). The summed E-state index contributed by atoms with van der Waals surface area (Å²) in [6.07, 6.45) is 2.37. The SMILES string of the molecule is CN(O)C=O.COC(=O)C1CC1.Cc1ccc(OCc2cccc(C)c2)cc1. The molecule has 0 bridgehead atoms. The lowest BCUT2D eigenvalue weighted by atomic mass is 10.1. The van der Waals surface area contributed by atoms with E-state index in [2.05, 4.69) is 55.0 Å². The van der Waals surface area contributed by atoms with Gasteiger partial charge in [-0.1, -0.05) is 47.5 Å². The van der Waals surface area contributed by atoms with Gasteiger partial charge in [-0.15, -0.1) is 0 Å². The van der Waals surface area contributed by atoms with Crippen LogP contribution in [0, 0.1) is 19.8 Å². The first kappa shape index (κ1) is 23.2. The van der Waals surface area contributed by atoms with Gasteiger partial charge in [0.15, 0.2) is 0 Å². The van der Waals surface area contributed by atoms with Crippen molar-refractivity contribution in [2.75, 3.05) is 14.2 Å². The summed E-state index contributed by atoms with van der Waals surface area (Å²) in [5, 5.41) is 8.27. The Morgan fingerprint density at radius 2 is 1.75 bits per heavy atom. The molecule has 1 amide bonds. The highest BCUT2D eigenvalue weighted by Gasteiger charge is 2.30. The van der Waals surface area contributed by atoms with E-state index in [1.165, 1.54) is 30.8 Å². The van der Waals surface area contributed by atoms with Gasteiger partial charge < -0.3 is 9.47 Å². The van der Waals surface area contributed by atoms with Crippen molar-refractivity contribution < 1.29 is 24.3 Å². The van der Waals surface area contributed by atoms with Crippen LogP contribution in [0.4, 0.5) is 0 Å². The Morgan fingerprint density at radius 3 is 2.18 bits per heavy atom. The number of esters is 1. The molecule has 6 heteroatoms. The number of ether oxygens (including phenoxy) is 2. The number of hydroxylamine groups is 2. The molecule has 0 aromatic heterocycles. The Labute approximate surface area is 166 Å². The fourth-order valence-corrected chi connectivity index (χ4v) is 2.09. The van der Waals surface area contributed by atoms with Crippen LogP contribution in [0.25, 0.3) is 0 Å². The largest absolute Gasteiger partial charge is 0.489 e. The van der Waals surface area contributed by atoms with Gasteiger partial charge in [-0.3, -0.25) is 14.8 Å². The molecule has 1 N–H and O–H groups in total. The second-order valence-electron chi connectivity index (χ2n) is 6.57. The van der Waals surface area contributed by atoms with Crippen LogP contribution >= 0.6 is 0 Å². The van der Waals surface area contributed by atoms with E-state index in [0.717, 1.165) is 18.6 Å². The van der Waals surface area contributed by atoms with E-state index in [4.69, 9.17) is 9.94 Å². The summed E-state index contributed by atoms with van der Waals surface area (Å²) in [7, 11) is 2.67. The van der Waals surface area contributed by atoms with Crippen LogP contribution in [0.5, 0.6) is 5.75 Å². The zero-order valence-electron chi connectivity index (χ0n) is 16.9. The van der Waals surface area contributed by atoms with Crippen LogP contribution in [0.3, 0.4) is 0 Å². The number of carbonyl (C=O) groups excluding carboxylic acids is 2.